The van der Waals surface area contributed by atoms with E-state index in [1.807, 2.05) is 12.1 Å². The third-order valence-corrected chi connectivity index (χ3v) is 3.90. The van der Waals surface area contributed by atoms with Gasteiger partial charge in [0, 0.05) is 12.0 Å². The van der Waals surface area contributed by atoms with E-state index in [0.717, 1.165) is 12.3 Å². The van der Waals surface area contributed by atoms with Crippen LogP contribution in [0.4, 0.5) is 0 Å². The number of nitrogens with two attached hydrogens (primary N) is 2. The van der Waals surface area contributed by atoms with Crippen molar-refractivity contribution in [3.8, 4) is 5.75 Å². The van der Waals surface area contributed by atoms with Crippen LogP contribution in [-0.4, -0.2) is 13.7 Å². The molecule has 1 saturated carbocycles. The number of benzene rings is 1. The van der Waals surface area contributed by atoms with Crippen molar-refractivity contribution in [2.45, 2.75) is 37.5 Å². The molecule has 19 heavy (non-hydrogen) atoms. The van der Waals surface area contributed by atoms with Gasteiger partial charge in [-0.05, 0) is 36.7 Å². The Morgan fingerprint density at radius 2 is 1.74 bits per heavy atom. The summed E-state index contributed by atoms with van der Waals surface area (Å²) in [6.45, 7) is 3.90. The van der Waals surface area contributed by atoms with Crippen molar-refractivity contribution in [2.24, 2.45) is 11.5 Å². The van der Waals surface area contributed by atoms with Gasteiger partial charge >= 0.3 is 0 Å². The zero-order valence-corrected chi connectivity index (χ0v) is 11.9. The molecule has 0 aliphatic heterocycles. The third-order valence-electron chi connectivity index (χ3n) is 3.90. The van der Waals surface area contributed by atoms with Crippen molar-refractivity contribution in [2.75, 3.05) is 13.7 Å². The standard InChI is InChI=1S/C14H21NO.C2H5N/c1-16-13-7-5-12(6-8-13)14(11-15)9-3-2-4-10-14;1-2-3/h5-8H,2-4,9-11,15H2,1H3;2H,1,3H2. The molecule has 106 valence electrons. The molecule has 0 spiro atoms. The SMILES string of the molecule is C=CN.COc1ccc(C2(CN)CCCCC2)cc1. The lowest BCUT2D eigenvalue weighted by atomic mass is 9.69. The zero-order valence-electron chi connectivity index (χ0n) is 11.9. The van der Waals surface area contributed by atoms with Gasteiger partial charge in [-0.25, -0.2) is 0 Å². The summed E-state index contributed by atoms with van der Waals surface area (Å²) in [4.78, 5) is 0. The first-order valence-electron chi connectivity index (χ1n) is 6.89. The molecule has 0 bridgehead atoms. The Morgan fingerprint density at radius 1 is 1.21 bits per heavy atom. The van der Waals surface area contributed by atoms with Gasteiger partial charge in [0.25, 0.3) is 0 Å². The van der Waals surface area contributed by atoms with Crippen LogP contribution < -0.4 is 16.2 Å². The molecule has 2 rings (SSSR count). The van der Waals surface area contributed by atoms with Crippen LogP contribution in [0.5, 0.6) is 5.75 Å². The van der Waals surface area contributed by atoms with Gasteiger partial charge in [-0.3, -0.25) is 0 Å². The highest BCUT2D eigenvalue weighted by Gasteiger charge is 2.32. The predicted molar refractivity (Wildman–Crippen MR) is 81.2 cm³/mol. The van der Waals surface area contributed by atoms with Crippen LogP contribution in [0, 0.1) is 0 Å². The summed E-state index contributed by atoms with van der Waals surface area (Å²) in [5.74, 6) is 0.923. The second-order valence-electron chi connectivity index (χ2n) is 5.01. The summed E-state index contributed by atoms with van der Waals surface area (Å²) in [6, 6.07) is 8.44. The highest BCUT2D eigenvalue weighted by molar-refractivity contribution is 5.33. The van der Waals surface area contributed by atoms with E-state index in [9.17, 15) is 0 Å². The van der Waals surface area contributed by atoms with E-state index >= 15 is 0 Å². The van der Waals surface area contributed by atoms with Gasteiger partial charge < -0.3 is 16.2 Å². The van der Waals surface area contributed by atoms with Crippen molar-refractivity contribution >= 4 is 0 Å². The van der Waals surface area contributed by atoms with Crippen molar-refractivity contribution < 1.29 is 4.74 Å². The van der Waals surface area contributed by atoms with Gasteiger partial charge in [0.15, 0.2) is 0 Å². The van der Waals surface area contributed by atoms with Gasteiger partial charge in [-0.15, -0.1) is 0 Å². The van der Waals surface area contributed by atoms with Crippen LogP contribution in [0.25, 0.3) is 0 Å². The van der Waals surface area contributed by atoms with Crippen LogP contribution in [0.15, 0.2) is 37.0 Å². The largest absolute Gasteiger partial charge is 0.497 e. The second kappa shape index (κ2) is 7.85. The molecular formula is C16H26N2O. The second-order valence-corrected chi connectivity index (χ2v) is 5.01. The van der Waals surface area contributed by atoms with Crippen LogP contribution in [0.2, 0.25) is 0 Å². The van der Waals surface area contributed by atoms with E-state index in [4.69, 9.17) is 10.5 Å². The summed E-state index contributed by atoms with van der Waals surface area (Å²) in [5, 5.41) is 0. The molecule has 0 aromatic heterocycles. The minimum atomic E-state index is 0.227. The van der Waals surface area contributed by atoms with Crippen LogP contribution in [0.1, 0.15) is 37.7 Å². The first-order valence-corrected chi connectivity index (χ1v) is 6.89. The van der Waals surface area contributed by atoms with Gasteiger partial charge in [0.05, 0.1) is 7.11 Å². The van der Waals surface area contributed by atoms with E-state index in [2.05, 4.69) is 24.4 Å². The molecule has 1 aliphatic carbocycles. The maximum atomic E-state index is 6.01. The lowest BCUT2D eigenvalue weighted by molar-refractivity contribution is 0.300. The molecule has 0 amide bonds. The average Bonchev–Trinajstić information content (AvgIpc) is 2.49. The Morgan fingerprint density at radius 3 is 2.16 bits per heavy atom. The van der Waals surface area contributed by atoms with Crippen LogP contribution >= 0.6 is 0 Å². The van der Waals surface area contributed by atoms with Gasteiger partial charge in [-0.2, -0.15) is 0 Å². The fourth-order valence-corrected chi connectivity index (χ4v) is 2.78. The topological polar surface area (TPSA) is 61.3 Å². The normalized spacial score (nSPS) is 16.9. The number of hydrogen-bond acceptors (Lipinski definition) is 3. The smallest absolute Gasteiger partial charge is 0.118 e. The Bertz CT molecular complexity index is 367. The lowest BCUT2D eigenvalue weighted by Crippen LogP contribution is -2.37. The first kappa shape index (κ1) is 15.6. The summed E-state index contributed by atoms with van der Waals surface area (Å²) in [5.41, 5.74) is 12.2. The summed E-state index contributed by atoms with van der Waals surface area (Å²) in [6.07, 6.45) is 7.69. The Hall–Kier alpha value is -1.48. The molecule has 1 aromatic carbocycles. The van der Waals surface area contributed by atoms with Gasteiger partial charge in [-0.1, -0.05) is 38.0 Å². The van der Waals surface area contributed by atoms with E-state index < -0.39 is 0 Å². The molecular weight excluding hydrogens is 236 g/mol. The maximum Gasteiger partial charge on any atom is 0.118 e. The number of methoxy groups -OCH3 is 1. The lowest BCUT2D eigenvalue weighted by Gasteiger charge is -2.36. The monoisotopic (exact) mass is 262 g/mol. The van der Waals surface area contributed by atoms with E-state index in [0.29, 0.717) is 0 Å². The molecule has 1 aromatic rings. The molecule has 0 radical (unpaired) electrons. The van der Waals surface area contributed by atoms with Gasteiger partial charge in [0.1, 0.15) is 5.75 Å². The molecule has 4 N–H and O–H groups in total. The van der Waals surface area contributed by atoms with Crippen molar-refractivity contribution in [1.82, 2.24) is 0 Å². The number of ether oxygens (including phenoxy) is 1. The van der Waals surface area contributed by atoms with E-state index in [1.54, 1.807) is 7.11 Å². The van der Waals surface area contributed by atoms with Gasteiger partial charge in [0.2, 0.25) is 0 Å². The highest BCUT2D eigenvalue weighted by Crippen LogP contribution is 2.38. The Labute approximate surface area is 116 Å². The number of hydrogen-bond donors (Lipinski definition) is 2. The summed E-state index contributed by atoms with van der Waals surface area (Å²) >= 11 is 0. The quantitative estimate of drug-likeness (QED) is 0.880. The van der Waals surface area contributed by atoms with Crippen molar-refractivity contribution in [3.63, 3.8) is 0 Å². The predicted octanol–water partition coefficient (Wildman–Crippen LogP) is 2.94. The van der Waals surface area contributed by atoms with Crippen molar-refractivity contribution in [3.05, 3.63) is 42.6 Å². The minimum absolute atomic E-state index is 0.227. The summed E-state index contributed by atoms with van der Waals surface area (Å²) in [7, 11) is 1.70. The molecule has 0 saturated heterocycles. The molecule has 0 heterocycles. The fourth-order valence-electron chi connectivity index (χ4n) is 2.78. The molecule has 3 nitrogen and oxygen atoms in total. The average molecular weight is 262 g/mol. The van der Waals surface area contributed by atoms with Crippen LogP contribution in [0.3, 0.4) is 0 Å². The first-order chi connectivity index (χ1) is 9.22. The molecule has 3 heteroatoms. The molecule has 1 fully saturated rings. The zero-order chi connectivity index (χ0) is 14.1. The van der Waals surface area contributed by atoms with E-state index in [-0.39, 0.29) is 5.41 Å². The fraction of sp³-hybridized carbons (Fsp3) is 0.500. The summed E-state index contributed by atoms with van der Waals surface area (Å²) < 4.78 is 5.19. The molecule has 1 aliphatic rings. The van der Waals surface area contributed by atoms with Crippen molar-refractivity contribution in [1.29, 1.82) is 0 Å². The van der Waals surface area contributed by atoms with E-state index in [1.165, 1.54) is 43.9 Å². The maximum absolute atomic E-state index is 6.01. The Balaban J connectivity index is 0.000000550. The van der Waals surface area contributed by atoms with Crippen LogP contribution in [-0.2, 0) is 5.41 Å². The number of rotatable bonds is 3. The molecule has 0 atom stereocenters. The third kappa shape index (κ3) is 4.00. The highest BCUT2D eigenvalue weighted by atomic mass is 16.5. The molecule has 0 unspecified atom stereocenters. The minimum Gasteiger partial charge on any atom is -0.497 e. The Kier molecular flexibility index (Phi) is 6.43.